The summed E-state index contributed by atoms with van der Waals surface area (Å²) >= 11 is 0. The number of hydrogen-bond acceptors (Lipinski definition) is 9. The van der Waals surface area contributed by atoms with Crippen molar-refractivity contribution in [3.8, 4) is 28.7 Å². The van der Waals surface area contributed by atoms with Gasteiger partial charge in [-0.15, -0.1) is 0 Å². The van der Waals surface area contributed by atoms with Crippen molar-refractivity contribution in [1.29, 1.82) is 5.26 Å². The number of aromatic nitrogens is 5. The van der Waals surface area contributed by atoms with Crippen molar-refractivity contribution >= 4 is 17.5 Å². The van der Waals surface area contributed by atoms with Crippen molar-refractivity contribution in [1.82, 2.24) is 29.6 Å². The van der Waals surface area contributed by atoms with E-state index in [9.17, 15) is 10.1 Å². The van der Waals surface area contributed by atoms with Gasteiger partial charge in [-0.25, -0.2) is 19.6 Å². The summed E-state index contributed by atoms with van der Waals surface area (Å²) < 4.78 is 13.1. The molecule has 1 N–H and O–H groups in total. The Balaban J connectivity index is 1.50. The van der Waals surface area contributed by atoms with E-state index < -0.39 is 0 Å². The van der Waals surface area contributed by atoms with E-state index in [1.54, 1.807) is 67.8 Å². The predicted molar refractivity (Wildman–Crippen MR) is 137 cm³/mol. The molecule has 0 radical (unpaired) electrons. The standard InChI is InChI=1S/C26H26N8O3/c1-17(14-34-16-28-15-31-34)37-23-9-18(5-6-20(23)11-27)21-12-29-26(30-13-21)32-22-8-7-19(10-24(22)36-4)25(35)33(2)3/h5-10,12-13,15-17H,14H2,1-4H3,(H,29,30,32)/t17-/m0/s1. The lowest BCUT2D eigenvalue weighted by Crippen LogP contribution is -2.21. The van der Waals surface area contributed by atoms with Gasteiger partial charge in [0.2, 0.25) is 5.95 Å². The van der Waals surface area contributed by atoms with Crippen LogP contribution in [0.15, 0.2) is 61.4 Å². The highest BCUT2D eigenvalue weighted by atomic mass is 16.5. The number of carbonyl (C=O) groups is 1. The molecular weight excluding hydrogens is 472 g/mol. The highest BCUT2D eigenvalue weighted by Crippen LogP contribution is 2.30. The fourth-order valence-corrected chi connectivity index (χ4v) is 3.58. The lowest BCUT2D eigenvalue weighted by molar-refractivity contribution is 0.0827. The number of nitrogens with one attached hydrogen (secondary N) is 1. The number of nitriles is 1. The number of nitrogens with zero attached hydrogens (tertiary/aromatic N) is 7. The zero-order chi connectivity index (χ0) is 26.4. The van der Waals surface area contributed by atoms with E-state index in [1.807, 2.05) is 13.0 Å². The monoisotopic (exact) mass is 498 g/mol. The van der Waals surface area contributed by atoms with Gasteiger partial charge in [-0.1, -0.05) is 6.07 Å². The maximum atomic E-state index is 12.2. The number of carbonyl (C=O) groups excluding carboxylic acids is 1. The Hall–Kier alpha value is -4.98. The zero-order valence-electron chi connectivity index (χ0n) is 20.9. The lowest BCUT2D eigenvalue weighted by atomic mass is 10.1. The van der Waals surface area contributed by atoms with Gasteiger partial charge in [0.25, 0.3) is 5.91 Å². The first-order valence-electron chi connectivity index (χ1n) is 11.4. The zero-order valence-corrected chi connectivity index (χ0v) is 20.9. The third kappa shape index (κ3) is 5.99. The van der Waals surface area contributed by atoms with Crippen LogP contribution in [0.4, 0.5) is 11.6 Å². The van der Waals surface area contributed by atoms with E-state index in [0.717, 1.165) is 11.1 Å². The molecule has 0 bridgehead atoms. The van der Waals surface area contributed by atoms with Gasteiger partial charge in [0, 0.05) is 37.6 Å². The quantitative estimate of drug-likeness (QED) is 0.368. The number of methoxy groups -OCH3 is 1. The van der Waals surface area contributed by atoms with Crippen LogP contribution in [-0.4, -0.2) is 62.8 Å². The molecule has 0 unspecified atom stereocenters. The van der Waals surface area contributed by atoms with E-state index in [0.29, 0.717) is 40.8 Å². The molecular formula is C26H26N8O3. The SMILES string of the molecule is COc1cc(C(=O)N(C)C)ccc1Nc1ncc(-c2ccc(C#N)c(O[C@@H](C)Cn3cncn3)c2)cn1. The van der Waals surface area contributed by atoms with Crippen LogP contribution < -0.4 is 14.8 Å². The summed E-state index contributed by atoms with van der Waals surface area (Å²) in [5.74, 6) is 1.20. The van der Waals surface area contributed by atoms with E-state index in [2.05, 4.69) is 31.4 Å². The second-order valence-corrected chi connectivity index (χ2v) is 8.40. The number of anilines is 2. The summed E-state index contributed by atoms with van der Waals surface area (Å²) in [6, 6.07) is 12.6. The molecule has 2 heterocycles. The van der Waals surface area contributed by atoms with Gasteiger partial charge in [-0.2, -0.15) is 10.4 Å². The molecule has 1 amide bonds. The fourth-order valence-electron chi connectivity index (χ4n) is 3.58. The molecule has 0 spiro atoms. The Labute approximate surface area is 214 Å². The Morgan fingerprint density at radius 1 is 1.14 bits per heavy atom. The fraction of sp³-hybridized carbons (Fsp3) is 0.231. The summed E-state index contributed by atoms with van der Waals surface area (Å²) in [7, 11) is 4.92. The Kier molecular flexibility index (Phi) is 7.59. The van der Waals surface area contributed by atoms with Crippen LogP contribution in [0.2, 0.25) is 0 Å². The maximum absolute atomic E-state index is 12.2. The minimum atomic E-state index is -0.235. The molecule has 4 aromatic rings. The van der Waals surface area contributed by atoms with Gasteiger partial charge >= 0.3 is 0 Å². The Bertz CT molecular complexity index is 1410. The molecule has 2 aromatic carbocycles. The van der Waals surface area contributed by atoms with Crippen molar-refractivity contribution in [2.24, 2.45) is 0 Å². The molecule has 0 aliphatic carbocycles. The van der Waals surface area contributed by atoms with Gasteiger partial charge in [0.05, 0.1) is 24.9 Å². The second-order valence-electron chi connectivity index (χ2n) is 8.40. The van der Waals surface area contributed by atoms with E-state index >= 15 is 0 Å². The molecule has 0 saturated heterocycles. The number of ether oxygens (including phenoxy) is 2. The molecule has 188 valence electrons. The average molecular weight is 499 g/mol. The smallest absolute Gasteiger partial charge is 0.253 e. The van der Waals surface area contributed by atoms with Crippen molar-refractivity contribution in [2.45, 2.75) is 19.6 Å². The van der Waals surface area contributed by atoms with E-state index in [1.165, 1.54) is 18.3 Å². The largest absolute Gasteiger partial charge is 0.495 e. The molecule has 11 nitrogen and oxygen atoms in total. The van der Waals surface area contributed by atoms with Crippen molar-refractivity contribution in [3.05, 3.63) is 72.6 Å². The first kappa shape index (κ1) is 25.1. The van der Waals surface area contributed by atoms with Crippen LogP contribution >= 0.6 is 0 Å². The molecule has 2 aromatic heterocycles. The molecule has 11 heteroatoms. The minimum Gasteiger partial charge on any atom is -0.495 e. The van der Waals surface area contributed by atoms with Crippen LogP contribution in [0.3, 0.4) is 0 Å². The predicted octanol–water partition coefficient (Wildman–Crippen LogP) is 3.53. The summed E-state index contributed by atoms with van der Waals surface area (Å²) in [4.78, 5) is 26.5. The number of rotatable bonds is 9. The summed E-state index contributed by atoms with van der Waals surface area (Å²) in [6.07, 6.45) is 6.19. The number of amides is 1. The van der Waals surface area contributed by atoms with Gasteiger partial charge in [0.1, 0.15) is 36.3 Å². The van der Waals surface area contributed by atoms with Crippen molar-refractivity contribution in [2.75, 3.05) is 26.5 Å². The van der Waals surface area contributed by atoms with Crippen LogP contribution in [0.25, 0.3) is 11.1 Å². The topological polar surface area (TPSA) is 131 Å². The third-order valence-electron chi connectivity index (χ3n) is 5.43. The molecule has 0 aliphatic heterocycles. The average Bonchev–Trinajstić information content (AvgIpc) is 3.41. The van der Waals surface area contributed by atoms with Crippen molar-refractivity contribution < 1.29 is 14.3 Å². The minimum absolute atomic E-state index is 0.121. The third-order valence-corrected chi connectivity index (χ3v) is 5.43. The molecule has 4 rings (SSSR count). The van der Waals surface area contributed by atoms with Crippen LogP contribution in [0.1, 0.15) is 22.8 Å². The maximum Gasteiger partial charge on any atom is 0.253 e. The van der Waals surface area contributed by atoms with E-state index in [-0.39, 0.29) is 12.0 Å². The molecule has 37 heavy (non-hydrogen) atoms. The Morgan fingerprint density at radius 2 is 1.92 bits per heavy atom. The highest BCUT2D eigenvalue weighted by Gasteiger charge is 2.14. The van der Waals surface area contributed by atoms with Crippen LogP contribution in [0.5, 0.6) is 11.5 Å². The lowest BCUT2D eigenvalue weighted by Gasteiger charge is -2.16. The second kappa shape index (κ2) is 11.2. The first-order chi connectivity index (χ1) is 17.9. The van der Waals surface area contributed by atoms with Crippen molar-refractivity contribution in [3.63, 3.8) is 0 Å². The molecule has 1 atom stereocenters. The van der Waals surface area contributed by atoms with Gasteiger partial charge in [-0.3, -0.25) is 4.79 Å². The summed E-state index contributed by atoms with van der Waals surface area (Å²) in [6.45, 7) is 2.39. The van der Waals surface area contributed by atoms with E-state index in [4.69, 9.17) is 9.47 Å². The van der Waals surface area contributed by atoms with Gasteiger partial charge in [-0.05, 0) is 42.8 Å². The van der Waals surface area contributed by atoms with Crippen LogP contribution in [-0.2, 0) is 6.54 Å². The van der Waals surface area contributed by atoms with Gasteiger partial charge < -0.3 is 19.7 Å². The number of benzene rings is 2. The highest BCUT2D eigenvalue weighted by molar-refractivity contribution is 5.95. The molecule has 0 fully saturated rings. The normalized spacial score (nSPS) is 11.3. The van der Waals surface area contributed by atoms with Crippen LogP contribution in [0, 0.1) is 11.3 Å². The first-order valence-corrected chi connectivity index (χ1v) is 11.4. The van der Waals surface area contributed by atoms with Gasteiger partial charge in [0.15, 0.2) is 0 Å². The Morgan fingerprint density at radius 3 is 2.57 bits per heavy atom. The molecule has 0 aliphatic rings. The molecule has 0 saturated carbocycles. The summed E-state index contributed by atoms with van der Waals surface area (Å²) in [5, 5.41) is 16.7. The summed E-state index contributed by atoms with van der Waals surface area (Å²) in [5.41, 5.74) is 3.12. The number of hydrogen-bond donors (Lipinski definition) is 1.